The SMILES string of the molecule is CCC1=C(CC)c2nc1c(OC(=O)c1ccccc1)c1[nH]c(c(CC)c1CC)c(OC(=O)c1ccccc1)c1nc(c(OC(=O)c3ccccc3)c3[nH]c(c(CC)c3CC)c2OC(=O)c2ccccc2)C(CC)=C1CC. The summed E-state index contributed by atoms with van der Waals surface area (Å²) in [5.74, 6) is -1.84. The number of H-pyrrole nitrogens is 2. The number of aromatic nitrogens is 4. The smallest absolute Gasteiger partial charge is 0.343 e. The van der Waals surface area contributed by atoms with Crippen LogP contribution < -0.4 is 18.9 Å². The van der Waals surface area contributed by atoms with Gasteiger partial charge in [-0.3, -0.25) is 0 Å². The third-order valence-corrected chi connectivity index (χ3v) is 14.2. The van der Waals surface area contributed by atoms with Crippen LogP contribution in [0.1, 0.15) is 168 Å². The molecule has 0 unspecified atom stereocenters. The summed E-state index contributed by atoms with van der Waals surface area (Å²) in [6.07, 6.45) is 3.63. The van der Waals surface area contributed by atoms with Crippen molar-refractivity contribution in [1.82, 2.24) is 19.9 Å². The normalized spacial score (nSPS) is 12.2. The lowest BCUT2D eigenvalue weighted by Gasteiger charge is -2.11. The average molecular weight is 1020 g/mol. The molecule has 5 heterocycles. The summed E-state index contributed by atoms with van der Waals surface area (Å²) in [5.41, 5.74) is 10.9. The van der Waals surface area contributed by atoms with E-state index >= 15 is 0 Å². The van der Waals surface area contributed by atoms with Crippen molar-refractivity contribution in [3.8, 4) is 23.0 Å². The average Bonchev–Trinajstić information content (AvgIpc) is 4.25. The fourth-order valence-corrected chi connectivity index (χ4v) is 10.6. The van der Waals surface area contributed by atoms with E-state index in [0.717, 1.165) is 44.5 Å². The zero-order chi connectivity index (χ0) is 53.6. The Morgan fingerprint density at radius 3 is 0.684 bits per heavy atom. The summed E-state index contributed by atoms with van der Waals surface area (Å²) in [5, 5.41) is 0. The molecule has 0 saturated carbocycles. The minimum atomic E-state index is -0.614. The quantitative estimate of drug-likeness (QED) is 0.0891. The highest BCUT2D eigenvalue weighted by molar-refractivity contribution is 6.05. The summed E-state index contributed by atoms with van der Waals surface area (Å²) >= 11 is 0. The molecule has 76 heavy (non-hydrogen) atoms. The second-order valence-electron chi connectivity index (χ2n) is 18.4. The summed E-state index contributed by atoms with van der Waals surface area (Å²) in [4.78, 5) is 76.9. The first kappa shape index (κ1) is 52.2. The van der Waals surface area contributed by atoms with Gasteiger partial charge in [0.1, 0.15) is 22.8 Å². The van der Waals surface area contributed by atoms with Crippen molar-refractivity contribution in [3.05, 3.63) is 189 Å². The van der Waals surface area contributed by atoms with E-state index in [9.17, 15) is 19.2 Å². The van der Waals surface area contributed by atoms with Gasteiger partial charge in [-0.25, -0.2) is 29.1 Å². The number of nitrogens with one attached hydrogen (secondary N) is 2. The molecule has 3 aromatic heterocycles. The second kappa shape index (κ2) is 22.9. The molecule has 12 heteroatoms. The Kier molecular flexibility index (Phi) is 15.7. The van der Waals surface area contributed by atoms with E-state index in [1.165, 1.54) is 0 Å². The molecule has 0 fully saturated rings. The Morgan fingerprint density at radius 2 is 0.513 bits per heavy atom. The van der Waals surface area contributed by atoms with Crippen LogP contribution in [-0.4, -0.2) is 43.8 Å². The summed E-state index contributed by atoms with van der Waals surface area (Å²) in [6, 6.07) is 35.1. The van der Waals surface area contributed by atoms with Crippen molar-refractivity contribution in [1.29, 1.82) is 0 Å². The first-order chi connectivity index (χ1) is 37.0. The summed E-state index contributed by atoms with van der Waals surface area (Å²) < 4.78 is 26.9. The minimum absolute atomic E-state index is 0.153. The molecule has 0 radical (unpaired) electrons. The minimum Gasteiger partial charge on any atom is -0.418 e. The number of ether oxygens (including phenoxy) is 4. The number of hydrogen-bond donors (Lipinski definition) is 2. The number of allylic oxidation sites excluding steroid dienone is 4. The van der Waals surface area contributed by atoms with Crippen LogP contribution in [0.3, 0.4) is 0 Å². The monoisotopic (exact) mass is 1010 g/mol. The fraction of sp³-hybridized carbons (Fsp3) is 0.250. The molecule has 386 valence electrons. The molecule has 0 atom stereocenters. The van der Waals surface area contributed by atoms with Crippen LogP contribution in [-0.2, 0) is 25.7 Å². The number of carbonyl (C=O) groups excluding carboxylic acids is 4. The summed E-state index contributed by atoms with van der Waals surface area (Å²) in [6.45, 7) is 16.2. The number of nitrogens with zero attached hydrogens (tertiary/aromatic N) is 2. The van der Waals surface area contributed by atoms with E-state index in [1.807, 2.05) is 79.7 Å². The zero-order valence-electron chi connectivity index (χ0n) is 44.4. The van der Waals surface area contributed by atoms with Gasteiger partial charge in [-0.15, -0.1) is 0 Å². The molecule has 9 rings (SSSR count). The molecule has 2 N–H and O–H groups in total. The van der Waals surface area contributed by atoms with Crippen molar-refractivity contribution in [2.75, 3.05) is 0 Å². The van der Waals surface area contributed by atoms with Crippen LogP contribution in [0.2, 0.25) is 0 Å². The Labute approximate surface area is 442 Å². The van der Waals surface area contributed by atoms with E-state index in [-0.39, 0.29) is 23.0 Å². The molecule has 2 aliphatic rings. The lowest BCUT2D eigenvalue weighted by molar-refractivity contribution is 0.0725. The van der Waals surface area contributed by atoms with Gasteiger partial charge >= 0.3 is 23.9 Å². The first-order valence-electron chi connectivity index (χ1n) is 26.5. The number of aryl methyl sites for hydroxylation is 4. The van der Waals surface area contributed by atoms with E-state index in [2.05, 4.69) is 9.97 Å². The Hall–Kier alpha value is -8.64. The third kappa shape index (κ3) is 9.67. The van der Waals surface area contributed by atoms with Crippen LogP contribution in [0.4, 0.5) is 0 Å². The highest BCUT2D eigenvalue weighted by Gasteiger charge is 2.34. The topological polar surface area (TPSA) is 163 Å². The van der Waals surface area contributed by atoms with Crippen LogP contribution in [0.5, 0.6) is 23.0 Å². The highest BCUT2D eigenvalue weighted by atomic mass is 16.5. The molecule has 0 spiro atoms. The van der Waals surface area contributed by atoms with Gasteiger partial charge in [0.2, 0.25) is 0 Å². The van der Waals surface area contributed by atoms with Crippen molar-refractivity contribution in [2.45, 2.75) is 107 Å². The molecule has 7 aromatic rings. The van der Waals surface area contributed by atoms with Gasteiger partial charge in [0.15, 0.2) is 23.0 Å². The maximum atomic E-state index is 14.6. The molecule has 2 aliphatic heterocycles. The molecule has 8 bridgehead atoms. The Balaban J connectivity index is 1.57. The van der Waals surface area contributed by atoms with Crippen molar-refractivity contribution < 1.29 is 38.1 Å². The van der Waals surface area contributed by atoms with Crippen molar-refractivity contribution in [3.63, 3.8) is 0 Å². The number of fused-ring (bicyclic) bond motifs is 8. The number of benzene rings is 4. The van der Waals surface area contributed by atoms with Gasteiger partial charge in [-0.2, -0.15) is 0 Å². The van der Waals surface area contributed by atoms with Gasteiger partial charge in [-0.05, 0) is 144 Å². The van der Waals surface area contributed by atoms with Gasteiger partial charge in [0, 0.05) is 0 Å². The molecular weight excluding hydrogens is 953 g/mol. The van der Waals surface area contributed by atoms with Gasteiger partial charge in [0.25, 0.3) is 0 Å². The Bertz CT molecular complexity index is 3160. The van der Waals surface area contributed by atoms with Crippen LogP contribution in [0.25, 0.3) is 44.4 Å². The lowest BCUT2D eigenvalue weighted by atomic mass is 9.97. The number of aromatic amines is 2. The van der Waals surface area contributed by atoms with Crippen LogP contribution >= 0.6 is 0 Å². The Morgan fingerprint density at radius 1 is 0.316 bits per heavy atom. The van der Waals surface area contributed by atoms with Crippen LogP contribution in [0.15, 0.2) is 121 Å². The fourth-order valence-electron chi connectivity index (χ4n) is 10.6. The predicted molar refractivity (Wildman–Crippen MR) is 299 cm³/mol. The first-order valence-corrected chi connectivity index (χ1v) is 26.5. The van der Waals surface area contributed by atoms with E-state index in [0.29, 0.717) is 118 Å². The van der Waals surface area contributed by atoms with E-state index < -0.39 is 23.9 Å². The lowest BCUT2D eigenvalue weighted by Crippen LogP contribution is -2.11. The number of rotatable bonds is 16. The number of carbonyl (C=O) groups is 4. The maximum Gasteiger partial charge on any atom is 0.343 e. The van der Waals surface area contributed by atoms with Crippen molar-refractivity contribution in [2.24, 2.45) is 0 Å². The molecular formula is C64H62N4O8. The van der Waals surface area contributed by atoms with Crippen LogP contribution in [0, 0.1) is 0 Å². The number of esters is 4. The standard InChI is InChI=1S/C64H62N4O8/c1-9-41-42(10-2)50-58(74-62(70)38-31-23-18-24-32-38)52-45(13-5)46(14-6)54(67-52)60(76-64(72)40-35-27-20-28-36-40)56-48(16-8)47(15-7)55(68-56)59(75-63(71)39-33-25-19-26-34-39)53-44(12-4)43(11-3)51(66-53)57(49(41)65-50)73-61(69)37-29-21-17-22-30-37/h17-36,65,68H,9-16H2,1-8H3. The molecule has 4 aromatic carbocycles. The molecule has 12 nitrogen and oxygen atoms in total. The summed E-state index contributed by atoms with van der Waals surface area (Å²) in [7, 11) is 0. The van der Waals surface area contributed by atoms with Gasteiger partial charge < -0.3 is 28.9 Å². The zero-order valence-corrected chi connectivity index (χ0v) is 44.4. The molecule has 0 saturated heterocycles. The van der Waals surface area contributed by atoms with E-state index in [1.54, 1.807) is 97.1 Å². The maximum absolute atomic E-state index is 14.6. The second-order valence-corrected chi connectivity index (χ2v) is 18.4. The largest absolute Gasteiger partial charge is 0.418 e. The predicted octanol–water partition coefficient (Wildman–Crippen LogP) is 14.9. The number of hydrogen-bond acceptors (Lipinski definition) is 10. The van der Waals surface area contributed by atoms with Gasteiger partial charge in [-0.1, -0.05) is 128 Å². The van der Waals surface area contributed by atoms with E-state index in [4.69, 9.17) is 28.9 Å². The molecule has 0 amide bonds. The van der Waals surface area contributed by atoms with Gasteiger partial charge in [0.05, 0.1) is 44.3 Å². The highest BCUT2D eigenvalue weighted by Crippen LogP contribution is 2.50. The molecule has 0 aliphatic carbocycles. The van der Waals surface area contributed by atoms with Crippen molar-refractivity contribution >= 4 is 68.2 Å². The third-order valence-electron chi connectivity index (χ3n) is 14.2.